The van der Waals surface area contributed by atoms with Crippen LogP contribution in [0, 0.1) is 0 Å². The maximum atomic E-state index is 11.2. The van der Waals surface area contributed by atoms with Gasteiger partial charge < -0.3 is 15.9 Å². The number of anilines is 1. The Kier molecular flexibility index (Phi) is 3.24. The predicted octanol–water partition coefficient (Wildman–Crippen LogP) is 1.45. The second kappa shape index (κ2) is 4.84. The monoisotopic (exact) mass is 263 g/mol. The summed E-state index contributed by atoms with van der Waals surface area (Å²) in [6.07, 6.45) is 1.30. The van der Waals surface area contributed by atoms with Crippen molar-refractivity contribution in [2.24, 2.45) is 0 Å². The molecule has 2 rings (SSSR count). The van der Waals surface area contributed by atoms with Crippen LogP contribution in [0.15, 0.2) is 24.3 Å². The summed E-state index contributed by atoms with van der Waals surface area (Å²) in [6.45, 7) is 0. The molecule has 0 radical (unpaired) electrons. The molecule has 0 spiro atoms. The number of aromatic nitrogens is 2. The smallest absolute Gasteiger partial charge is 0.339 e. The topological polar surface area (TPSA) is 109 Å². The number of phenolic OH excluding ortho intramolecular Hbond substituents is 1. The Labute approximate surface area is 106 Å². The Balaban J connectivity index is 2.49. The van der Waals surface area contributed by atoms with Gasteiger partial charge in [0.05, 0.1) is 0 Å². The number of carboxylic acids is 1. The van der Waals surface area contributed by atoms with Crippen molar-refractivity contribution in [2.75, 3.05) is 5.73 Å². The average molecular weight is 263 g/mol. The molecule has 0 unspecified atom stereocenters. The van der Waals surface area contributed by atoms with Crippen molar-refractivity contribution >= 4 is 34.3 Å². The van der Waals surface area contributed by atoms with E-state index in [1.165, 1.54) is 12.1 Å². The number of carbonyl (C=O) groups is 1. The molecule has 4 N–H and O–H groups in total. The zero-order valence-corrected chi connectivity index (χ0v) is 9.89. The molecule has 18 heavy (non-hydrogen) atoms. The van der Waals surface area contributed by atoms with Crippen LogP contribution >= 0.6 is 11.5 Å². The first kappa shape index (κ1) is 12.1. The van der Waals surface area contributed by atoms with Crippen molar-refractivity contribution in [3.63, 3.8) is 0 Å². The number of hydrogen-bond donors (Lipinski definition) is 3. The second-order valence-corrected chi connectivity index (χ2v) is 4.16. The summed E-state index contributed by atoms with van der Waals surface area (Å²) in [5.74, 6) is -1.16. The van der Waals surface area contributed by atoms with Gasteiger partial charge in [-0.15, -0.1) is 0 Å². The molecule has 1 aromatic heterocycles. The van der Waals surface area contributed by atoms with Gasteiger partial charge in [-0.1, -0.05) is 18.2 Å². The van der Waals surface area contributed by atoms with Crippen LogP contribution < -0.4 is 5.73 Å². The molecule has 0 atom stereocenters. The number of nitrogens with zero attached hydrogens (tertiary/aromatic N) is 2. The van der Waals surface area contributed by atoms with E-state index in [-0.39, 0.29) is 22.3 Å². The van der Waals surface area contributed by atoms with Crippen LogP contribution in [0.2, 0.25) is 0 Å². The number of nitrogen functional groups attached to an aromatic ring is 1. The molecule has 2 aromatic rings. The Bertz CT molecular complexity index is 622. The van der Waals surface area contributed by atoms with Gasteiger partial charge in [-0.3, -0.25) is 0 Å². The lowest BCUT2D eigenvalue weighted by molar-refractivity contribution is -0.130. The Hall–Kier alpha value is -2.41. The highest BCUT2D eigenvalue weighted by molar-refractivity contribution is 7.09. The lowest BCUT2D eigenvalue weighted by Crippen LogP contribution is -2.01. The zero-order chi connectivity index (χ0) is 13.1. The number of nitrogens with two attached hydrogens (primary N) is 1. The van der Waals surface area contributed by atoms with E-state index in [9.17, 15) is 9.90 Å². The maximum absolute atomic E-state index is 11.2. The Morgan fingerprint density at radius 1 is 1.39 bits per heavy atom. The first-order valence-corrected chi connectivity index (χ1v) is 5.68. The average Bonchev–Trinajstić information content (AvgIpc) is 2.74. The zero-order valence-electron chi connectivity index (χ0n) is 9.07. The van der Waals surface area contributed by atoms with E-state index in [1.807, 2.05) is 0 Å². The van der Waals surface area contributed by atoms with E-state index in [1.54, 1.807) is 18.2 Å². The highest BCUT2D eigenvalue weighted by atomic mass is 32.1. The minimum absolute atomic E-state index is 0.0144. The molecule has 7 heteroatoms. The van der Waals surface area contributed by atoms with E-state index >= 15 is 0 Å². The molecule has 0 bridgehead atoms. The Morgan fingerprint density at radius 2 is 2.11 bits per heavy atom. The molecular formula is C11H9N3O3S. The van der Waals surface area contributed by atoms with Gasteiger partial charge in [0.15, 0.2) is 11.0 Å². The van der Waals surface area contributed by atoms with Gasteiger partial charge in [-0.25, -0.2) is 4.79 Å². The van der Waals surface area contributed by atoms with Gasteiger partial charge in [0.2, 0.25) is 0 Å². The van der Waals surface area contributed by atoms with Gasteiger partial charge in [-0.2, -0.15) is 9.36 Å². The molecule has 0 amide bonds. The molecule has 0 aliphatic heterocycles. The number of benzene rings is 1. The Morgan fingerprint density at radius 3 is 2.67 bits per heavy atom. The minimum Gasteiger partial charge on any atom is -0.507 e. The fourth-order valence-corrected chi connectivity index (χ4v) is 1.78. The number of para-hydroxylation sites is 1. The third-order valence-electron chi connectivity index (χ3n) is 2.15. The summed E-state index contributed by atoms with van der Waals surface area (Å²) in [4.78, 5) is 15.0. The van der Waals surface area contributed by atoms with Crippen molar-refractivity contribution in [3.8, 4) is 5.75 Å². The van der Waals surface area contributed by atoms with Crippen molar-refractivity contribution in [3.05, 3.63) is 35.7 Å². The maximum Gasteiger partial charge on any atom is 0.339 e. The molecule has 1 heterocycles. The number of phenols is 1. The molecule has 0 fully saturated rings. The third kappa shape index (κ3) is 2.46. The van der Waals surface area contributed by atoms with Crippen molar-refractivity contribution in [1.82, 2.24) is 9.36 Å². The highest BCUT2D eigenvalue weighted by Gasteiger charge is 2.16. The van der Waals surface area contributed by atoms with E-state index < -0.39 is 5.97 Å². The minimum atomic E-state index is -1.18. The summed E-state index contributed by atoms with van der Waals surface area (Å²) in [5, 5.41) is 18.9. The summed E-state index contributed by atoms with van der Waals surface area (Å²) in [7, 11) is 0. The molecular weight excluding hydrogens is 254 g/mol. The van der Waals surface area contributed by atoms with E-state index in [4.69, 9.17) is 10.8 Å². The van der Waals surface area contributed by atoms with Crippen LogP contribution in [-0.4, -0.2) is 25.5 Å². The van der Waals surface area contributed by atoms with Crippen LogP contribution in [-0.2, 0) is 4.79 Å². The molecule has 0 aliphatic carbocycles. The molecule has 0 saturated carbocycles. The van der Waals surface area contributed by atoms with Crippen LogP contribution in [0.3, 0.4) is 0 Å². The van der Waals surface area contributed by atoms with Crippen LogP contribution in [0.5, 0.6) is 5.75 Å². The first-order valence-electron chi connectivity index (χ1n) is 4.90. The van der Waals surface area contributed by atoms with Crippen molar-refractivity contribution in [2.45, 2.75) is 0 Å². The van der Waals surface area contributed by atoms with Crippen molar-refractivity contribution < 1.29 is 15.0 Å². The number of carboxylic acid groups (broad SMARTS) is 1. The van der Waals surface area contributed by atoms with E-state index in [0.717, 1.165) is 11.5 Å². The third-order valence-corrected chi connectivity index (χ3v) is 2.69. The summed E-state index contributed by atoms with van der Waals surface area (Å²) >= 11 is 0.915. The van der Waals surface area contributed by atoms with Gasteiger partial charge >= 0.3 is 5.97 Å². The SMILES string of the molecule is Nc1nc(/C(=C/c2ccccc2O)C(=O)O)ns1. The fourth-order valence-electron chi connectivity index (χ4n) is 1.33. The predicted molar refractivity (Wildman–Crippen MR) is 67.9 cm³/mol. The number of aromatic hydroxyl groups is 1. The van der Waals surface area contributed by atoms with Gasteiger partial charge in [0.25, 0.3) is 0 Å². The number of aliphatic carboxylic acids is 1. The first-order chi connectivity index (χ1) is 8.58. The lowest BCUT2D eigenvalue weighted by Gasteiger charge is -2.00. The number of rotatable bonds is 3. The summed E-state index contributed by atoms with van der Waals surface area (Å²) in [5.41, 5.74) is 5.67. The highest BCUT2D eigenvalue weighted by Crippen LogP contribution is 2.23. The van der Waals surface area contributed by atoms with Crippen molar-refractivity contribution in [1.29, 1.82) is 0 Å². The molecule has 1 aromatic carbocycles. The summed E-state index contributed by atoms with van der Waals surface area (Å²) < 4.78 is 3.84. The molecule has 92 valence electrons. The fraction of sp³-hybridized carbons (Fsp3) is 0. The summed E-state index contributed by atoms with van der Waals surface area (Å²) in [6, 6.07) is 6.39. The van der Waals surface area contributed by atoms with E-state index in [2.05, 4.69) is 9.36 Å². The number of hydrogen-bond acceptors (Lipinski definition) is 6. The lowest BCUT2D eigenvalue weighted by atomic mass is 10.1. The van der Waals surface area contributed by atoms with Crippen LogP contribution in [0.25, 0.3) is 11.6 Å². The van der Waals surface area contributed by atoms with Gasteiger partial charge in [-0.05, 0) is 12.1 Å². The van der Waals surface area contributed by atoms with Crippen LogP contribution in [0.1, 0.15) is 11.4 Å². The second-order valence-electron chi connectivity index (χ2n) is 3.38. The van der Waals surface area contributed by atoms with Gasteiger partial charge in [0, 0.05) is 17.1 Å². The van der Waals surface area contributed by atoms with Gasteiger partial charge in [0.1, 0.15) is 11.3 Å². The van der Waals surface area contributed by atoms with E-state index in [0.29, 0.717) is 5.56 Å². The quantitative estimate of drug-likeness (QED) is 0.723. The largest absolute Gasteiger partial charge is 0.507 e. The standard InChI is InChI=1S/C11H9N3O3S/c12-11-13-9(14-18-11)7(10(16)17)5-6-3-1-2-4-8(6)15/h1-5,15H,(H,16,17)(H2,12,13,14)/b7-5-. The normalized spacial score (nSPS) is 11.4. The van der Waals surface area contributed by atoms with Crippen LogP contribution in [0.4, 0.5) is 5.13 Å². The molecule has 0 saturated heterocycles. The molecule has 6 nitrogen and oxygen atoms in total. The molecule has 0 aliphatic rings.